The van der Waals surface area contributed by atoms with Crippen molar-refractivity contribution in [1.82, 2.24) is 5.43 Å². The molecule has 0 saturated heterocycles. The van der Waals surface area contributed by atoms with Crippen LogP contribution < -0.4 is 10.7 Å². The van der Waals surface area contributed by atoms with Gasteiger partial charge >= 0.3 is 11.8 Å². The Morgan fingerprint density at radius 3 is 2.16 bits per heavy atom. The first-order valence-electron chi connectivity index (χ1n) is 8.05. The van der Waals surface area contributed by atoms with E-state index in [1.165, 1.54) is 6.21 Å². The van der Waals surface area contributed by atoms with Gasteiger partial charge in [-0.05, 0) is 41.7 Å². The van der Waals surface area contributed by atoms with Crippen molar-refractivity contribution in [3.8, 4) is 0 Å². The molecule has 0 aliphatic heterocycles. The van der Waals surface area contributed by atoms with Crippen molar-refractivity contribution >= 4 is 39.6 Å². The lowest BCUT2D eigenvalue weighted by Crippen LogP contribution is -2.33. The maximum atomic E-state index is 12.1. The number of aryl methyl sites for hydroxylation is 2. The van der Waals surface area contributed by atoms with Gasteiger partial charge in [0.15, 0.2) is 0 Å². The Hall–Kier alpha value is -2.47. The van der Waals surface area contributed by atoms with E-state index in [0.29, 0.717) is 5.69 Å². The summed E-state index contributed by atoms with van der Waals surface area (Å²) in [4.78, 5) is 24.1. The average Bonchev–Trinajstić information content (AvgIpc) is 2.63. The van der Waals surface area contributed by atoms with E-state index in [0.717, 1.165) is 34.0 Å². The second kappa shape index (κ2) is 9.13. The second-order valence-corrected chi connectivity index (χ2v) is 6.28. The molecule has 0 atom stereocenters. The SMILES string of the molecule is CCc1cccc(CC)c1NC(=O)C(=O)NN=Cc1ccc(Br)cc1. The summed E-state index contributed by atoms with van der Waals surface area (Å²) in [5, 5.41) is 6.52. The summed E-state index contributed by atoms with van der Waals surface area (Å²) in [5.41, 5.74) is 5.77. The van der Waals surface area contributed by atoms with Gasteiger partial charge in [-0.2, -0.15) is 5.10 Å². The first-order valence-corrected chi connectivity index (χ1v) is 8.85. The summed E-state index contributed by atoms with van der Waals surface area (Å²) in [7, 11) is 0. The second-order valence-electron chi connectivity index (χ2n) is 5.36. The Balaban J connectivity index is 2.01. The fourth-order valence-electron chi connectivity index (χ4n) is 2.34. The fourth-order valence-corrected chi connectivity index (χ4v) is 2.60. The number of hydrogen-bond acceptors (Lipinski definition) is 3. The summed E-state index contributed by atoms with van der Waals surface area (Å²) in [6.07, 6.45) is 3.02. The zero-order valence-electron chi connectivity index (χ0n) is 14.2. The number of carbonyl (C=O) groups excluding carboxylic acids is 2. The van der Waals surface area contributed by atoms with Crippen molar-refractivity contribution in [2.45, 2.75) is 26.7 Å². The Morgan fingerprint density at radius 1 is 1.00 bits per heavy atom. The van der Waals surface area contributed by atoms with Gasteiger partial charge in [0, 0.05) is 10.2 Å². The van der Waals surface area contributed by atoms with Gasteiger partial charge in [-0.3, -0.25) is 9.59 Å². The number of hydrogen-bond donors (Lipinski definition) is 2. The van der Waals surface area contributed by atoms with Crippen LogP contribution in [0.15, 0.2) is 52.0 Å². The quantitative estimate of drug-likeness (QED) is 0.455. The number of hydrazone groups is 1. The lowest BCUT2D eigenvalue weighted by Gasteiger charge is -2.13. The van der Waals surface area contributed by atoms with Crippen molar-refractivity contribution in [1.29, 1.82) is 0 Å². The van der Waals surface area contributed by atoms with E-state index < -0.39 is 11.8 Å². The molecule has 0 unspecified atom stereocenters. The third-order valence-corrected chi connectivity index (χ3v) is 4.22. The summed E-state index contributed by atoms with van der Waals surface area (Å²) in [5.74, 6) is -1.54. The monoisotopic (exact) mass is 401 g/mol. The van der Waals surface area contributed by atoms with Crippen molar-refractivity contribution in [2.24, 2.45) is 5.10 Å². The Morgan fingerprint density at radius 2 is 1.60 bits per heavy atom. The van der Waals surface area contributed by atoms with Crippen molar-refractivity contribution in [3.05, 3.63) is 63.6 Å². The number of amides is 2. The van der Waals surface area contributed by atoms with Crippen LogP contribution in [0.3, 0.4) is 0 Å². The molecule has 2 aromatic rings. The fraction of sp³-hybridized carbons (Fsp3) is 0.211. The van der Waals surface area contributed by atoms with E-state index in [1.54, 1.807) is 0 Å². The number of nitrogens with zero attached hydrogens (tertiary/aromatic N) is 1. The van der Waals surface area contributed by atoms with Crippen LogP contribution in [-0.2, 0) is 22.4 Å². The van der Waals surface area contributed by atoms with E-state index in [1.807, 2.05) is 56.3 Å². The third kappa shape index (κ3) is 5.26. The van der Waals surface area contributed by atoms with Gasteiger partial charge in [0.2, 0.25) is 0 Å². The van der Waals surface area contributed by atoms with Crippen molar-refractivity contribution in [2.75, 3.05) is 5.32 Å². The molecule has 0 fully saturated rings. The highest BCUT2D eigenvalue weighted by molar-refractivity contribution is 9.10. The van der Waals surface area contributed by atoms with Gasteiger partial charge in [-0.25, -0.2) is 5.43 Å². The molecule has 0 aliphatic carbocycles. The van der Waals surface area contributed by atoms with Crippen LogP contribution >= 0.6 is 15.9 Å². The van der Waals surface area contributed by atoms with Crippen LogP contribution in [0.5, 0.6) is 0 Å². The molecule has 2 rings (SSSR count). The highest BCUT2D eigenvalue weighted by Crippen LogP contribution is 2.22. The van der Waals surface area contributed by atoms with Crippen molar-refractivity contribution in [3.63, 3.8) is 0 Å². The smallest absolute Gasteiger partial charge is 0.317 e. The van der Waals surface area contributed by atoms with E-state index in [9.17, 15) is 9.59 Å². The van der Waals surface area contributed by atoms with Crippen LogP contribution in [0.2, 0.25) is 0 Å². The van der Waals surface area contributed by atoms with Crippen molar-refractivity contribution < 1.29 is 9.59 Å². The molecule has 0 aliphatic rings. The first kappa shape index (κ1) is 18.9. The summed E-state index contributed by atoms with van der Waals surface area (Å²) in [6, 6.07) is 13.2. The number of para-hydroxylation sites is 1. The first-order chi connectivity index (χ1) is 12.0. The number of benzene rings is 2. The molecule has 6 heteroatoms. The zero-order valence-corrected chi connectivity index (χ0v) is 15.8. The Labute approximate surface area is 155 Å². The lowest BCUT2D eigenvalue weighted by molar-refractivity contribution is -0.136. The van der Waals surface area contributed by atoms with Gasteiger partial charge in [-0.15, -0.1) is 0 Å². The average molecular weight is 402 g/mol. The highest BCUT2D eigenvalue weighted by atomic mass is 79.9. The van der Waals surface area contributed by atoms with Crippen LogP contribution in [0, 0.1) is 0 Å². The number of anilines is 1. The van der Waals surface area contributed by atoms with Crippen LogP contribution in [0.4, 0.5) is 5.69 Å². The number of nitrogens with one attached hydrogen (secondary N) is 2. The molecule has 2 aromatic carbocycles. The number of halogens is 1. The molecule has 25 heavy (non-hydrogen) atoms. The normalized spacial score (nSPS) is 10.7. The van der Waals surface area contributed by atoms with Gasteiger partial charge in [0.1, 0.15) is 0 Å². The molecule has 0 saturated carbocycles. The van der Waals surface area contributed by atoms with E-state index >= 15 is 0 Å². The van der Waals surface area contributed by atoms with Crippen LogP contribution in [0.25, 0.3) is 0 Å². The van der Waals surface area contributed by atoms with Gasteiger partial charge < -0.3 is 5.32 Å². The van der Waals surface area contributed by atoms with Gasteiger partial charge in [0.25, 0.3) is 0 Å². The van der Waals surface area contributed by atoms with Gasteiger partial charge in [0.05, 0.1) is 6.21 Å². The molecule has 130 valence electrons. The maximum Gasteiger partial charge on any atom is 0.329 e. The van der Waals surface area contributed by atoms with Crippen LogP contribution in [0.1, 0.15) is 30.5 Å². The number of rotatable bonds is 5. The third-order valence-electron chi connectivity index (χ3n) is 3.69. The molecule has 0 aromatic heterocycles. The minimum atomic E-state index is -0.804. The molecule has 0 heterocycles. The molecule has 0 radical (unpaired) electrons. The van der Waals surface area contributed by atoms with E-state index in [-0.39, 0.29) is 0 Å². The molecule has 5 nitrogen and oxygen atoms in total. The number of carbonyl (C=O) groups is 2. The van der Waals surface area contributed by atoms with E-state index in [4.69, 9.17) is 0 Å². The Kier molecular flexibility index (Phi) is 6.89. The maximum absolute atomic E-state index is 12.1. The predicted molar refractivity (Wildman–Crippen MR) is 104 cm³/mol. The van der Waals surface area contributed by atoms with E-state index in [2.05, 4.69) is 31.8 Å². The lowest BCUT2D eigenvalue weighted by atomic mass is 10.0. The molecule has 2 N–H and O–H groups in total. The standard InChI is InChI=1S/C19H20BrN3O2/c1-3-14-6-5-7-15(4-2)17(14)22-18(24)19(25)23-21-12-13-8-10-16(20)11-9-13/h5-12H,3-4H2,1-2H3,(H,22,24)(H,23,25). The summed E-state index contributed by atoms with van der Waals surface area (Å²) < 4.78 is 0.953. The minimum absolute atomic E-state index is 0.713. The molecule has 2 amide bonds. The Bertz CT molecular complexity index is 764. The zero-order chi connectivity index (χ0) is 18.2. The predicted octanol–water partition coefficient (Wildman–Crippen LogP) is 3.66. The molecule has 0 spiro atoms. The molecule has 0 bridgehead atoms. The summed E-state index contributed by atoms with van der Waals surface area (Å²) in [6.45, 7) is 4.01. The highest BCUT2D eigenvalue weighted by Gasteiger charge is 2.16. The minimum Gasteiger partial charge on any atom is -0.317 e. The largest absolute Gasteiger partial charge is 0.329 e. The molecular formula is C19H20BrN3O2. The summed E-state index contributed by atoms with van der Waals surface area (Å²) >= 11 is 3.34. The van der Waals surface area contributed by atoms with Gasteiger partial charge in [-0.1, -0.05) is 60.1 Å². The van der Waals surface area contributed by atoms with Crippen LogP contribution in [-0.4, -0.2) is 18.0 Å². The molecular weight excluding hydrogens is 382 g/mol. The topological polar surface area (TPSA) is 70.6 Å².